The molecule has 0 spiro atoms. The third kappa shape index (κ3) is 5.39. The number of imidazole rings is 1. The average molecular weight is 347 g/mol. The van der Waals surface area contributed by atoms with Crippen LogP contribution in [0.3, 0.4) is 0 Å². The van der Waals surface area contributed by atoms with Gasteiger partial charge in [0.15, 0.2) is 5.16 Å². The molecule has 24 heavy (non-hydrogen) atoms. The Morgan fingerprint density at radius 1 is 1.33 bits per heavy atom. The standard InChI is InChI=1S/C18H26N4OS/c1-4-22(5-2)12-10-19-17(23)16-8-6-7-15(13-16)14-24-18-20-9-11-21(18)3/h6-9,11,13H,4-5,10,12,14H2,1-3H3,(H,19,23). The Hall–Kier alpha value is -1.79. The molecule has 2 rings (SSSR count). The first-order valence-electron chi connectivity index (χ1n) is 8.33. The Kier molecular flexibility index (Phi) is 7.34. The van der Waals surface area contributed by atoms with Gasteiger partial charge in [-0.15, -0.1) is 0 Å². The number of likely N-dealkylation sites (N-methyl/N-ethyl adjacent to an activating group) is 1. The lowest BCUT2D eigenvalue weighted by Gasteiger charge is -2.18. The molecule has 1 N–H and O–H groups in total. The van der Waals surface area contributed by atoms with Gasteiger partial charge in [-0.3, -0.25) is 4.79 Å². The molecule has 1 aromatic heterocycles. The summed E-state index contributed by atoms with van der Waals surface area (Å²) in [6, 6.07) is 7.81. The van der Waals surface area contributed by atoms with Crippen LogP contribution in [-0.2, 0) is 12.8 Å². The van der Waals surface area contributed by atoms with E-state index in [4.69, 9.17) is 0 Å². The van der Waals surface area contributed by atoms with E-state index in [1.807, 2.05) is 42.1 Å². The van der Waals surface area contributed by atoms with E-state index < -0.39 is 0 Å². The lowest BCUT2D eigenvalue weighted by Crippen LogP contribution is -2.34. The van der Waals surface area contributed by atoms with Crippen molar-refractivity contribution in [2.24, 2.45) is 7.05 Å². The number of thioether (sulfide) groups is 1. The van der Waals surface area contributed by atoms with Crippen LogP contribution in [0.1, 0.15) is 29.8 Å². The molecule has 0 saturated heterocycles. The number of hydrogen-bond acceptors (Lipinski definition) is 4. The maximum Gasteiger partial charge on any atom is 0.251 e. The van der Waals surface area contributed by atoms with E-state index in [2.05, 4.69) is 29.0 Å². The lowest BCUT2D eigenvalue weighted by molar-refractivity contribution is 0.0949. The van der Waals surface area contributed by atoms with Gasteiger partial charge in [0, 0.05) is 43.8 Å². The van der Waals surface area contributed by atoms with E-state index in [1.165, 1.54) is 0 Å². The molecule has 5 nitrogen and oxygen atoms in total. The second-order valence-electron chi connectivity index (χ2n) is 5.59. The molecule has 130 valence electrons. The van der Waals surface area contributed by atoms with Crippen molar-refractivity contribution in [3.05, 3.63) is 47.8 Å². The maximum atomic E-state index is 12.3. The van der Waals surface area contributed by atoms with Crippen LogP contribution in [0.2, 0.25) is 0 Å². The summed E-state index contributed by atoms with van der Waals surface area (Å²) in [6.07, 6.45) is 3.73. The number of nitrogens with one attached hydrogen (secondary N) is 1. The molecule has 1 aromatic carbocycles. The molecular weight excluding hydrogens is 320 g/mol. The highest BCUT2D eigenvalue weighted by Gasteiger charge is 2.08. The van der Waals surface area contributed by atoms with Crippen LogP contribution in [-0.4, -0.2) is 46.5 Å². The molecule has 0 saturated carbocycles. The second-order valence-corrected chi connectivity index (χ2v) is 6.54. The van der Waals surface area contributed by atoms with E-state index in [0.29, 0.717) is 12.1 Å². The normalized spacial score (nSPS) is 11.0. The number of hydrogen-bond donors (Lipinski definition) is 1. The smallest absolute Gasteiger partial charge is 0.251 e. The van der Waals surface area contributed by atoms with Crippen molar-refractivity contribution in [3.8, 4) is 0 Å². The van der Waals surface area contributed by atoms with Gasteiger partial charge in [0.25, 0.3) is 5.91 Å². The molecular formula is C18H26N4OS. The summed E-state index contributed by atoms with van der Waals surface area (Å²) in [7, 11) is 1.98. The fourth-order valence-corrected chi connectivity index (χ4v) is 3.29. The fourth-order valence-electron chi connectivity index (χ4n) is 2.41. The van der Waals surface area contributed by atoms with Crippen LogP contribution in [0.4, 0.5) is 0 Å². The quantitative estimate of drug-likeness (QED) is 0.710. The Morgan fingerprint density at radius 3 is 2.79 bits per heavy atom. The molecule has 0 aliphatic rings. The van der Waals surface area contributed by atoms with Gasteiger partial charge in [-0.25, -0.2) is 4.98 Å². The Balaban J connectivity index is 1.87. The second kappa shape index (κ2) is 9.49. The molecule has 0 radical (unpaired) electrons. The third-order valence-electron chi connectivity index (χ3n) is 3.94. The zero-order valence-corrected chi connectivity index (χ0v) is 15.5. The van der Waals surface area contributed by atoms with Crippen LogP contribution < -0.4 is 5.32 Å². The van der Waals surface area contributed by atoms with Gasteiger partial charge in [0.2, 0.25) is 0 Å². The first kappa shape index (κ1) is 18.5. The molecule has 0 unspecified atom stereocenters. The van der Waals surface area contributed by atoms with Crippen LogP contribution in [0, 0.1) is 0 Å². The molecule has 0 atom stereocenters. The number of aryl methyl sites for hydroxylation is 1. The minimum absolute atomic E-state index is 0.00834. The molecule has 1 amide bonds. The van der Waals surface area contributed by atoms with Crippen molar-refractivity contribution in [2.75, 3.05) is 26.2 Å². The summed E-state index contributed by atoms with van der Waals surface area (Å²) in [6.45, 7) is 7.83. The average Bonchev–Trinajstić information content (AvgIpc) is 3.02. The predicted molar refractivity (Wildman–Crippen MR) is 99.3 cm³/mol. The van der Waals surface area contributed by atoms with Crippen molar-refractivity contribution in [3.63, 3.8) is 0 Å². The number of amides is 1. The van der Waals surface area contributed by atoms with Crippen LogP contribution in [0.25, 0.3) is 0 Å². The maximum absolute atomic E-state index is 12.3. The van der Waals surface area contributed by atoms with Gasteiger partial charge in [0.05, 0.1) is 0 Å². The number of carbonyl (C=O) groups is 1. The van der Waals surface area contributed by atoms with Gasteiger partial charge < -0.3 is 14.8 Å². The largest absolute Gasteiger partial charge is 0.351 e. The van der Waals surface area contributed by atoms with Gasteiger partial charge in [-0.05, 0) is 30.8 Å². The van der Waals surface area contributed by atoms with Crippen molar-refractivity contribution >= 4 is 17.7 Å². The van der Waals surface area contributed by atoms with Crippen LogP contribution in [0.5, 0.6) is 0 Å². The molecule has 1 heterocycles. The van der Waals surface area contributed by atoms with Crippen molar-refractivity contribution < 1.29 is 4.79 Å². The van der Waals surface area contributed by atoms with Crippen molar-refractivity contribution in [1.29, 1.82) is 0 Å². The molecule has 2 aromatic rings. The fraction of sp³-hybridized carbons (Fsp3) is 0.444. The SMILES string of the molecule is CCN(CC)CCNC(=O)c1cccc(CSc2nccn2C)c1. The topological polar surface area (TPSA) is 50.2 Å². The first-order chi connectivity index (χ1) is 11.6. The zero-order chi connectivity index (χ0) is 17.4. The number of nitrogens with zero attached hydrogens (tertiary/aromatic N) is 3. The summed E-state index contributed by atoms with van der Waals surface area (Å²) in [5.74, 6) is 0.789. The molecule has 0 aliphatic carbocycles. The van der Waals surface area contributed by atoms with E-state index >= 15 is 0 Å². The molecule has 0 bridgehead atoms. The van der Waals surface area contributed by atoms with Gasteiger partial charge in [-0.2, -0.15) is 0 Å². The van der Waals surface area contributed by atoms with Gasteiger partial charge in [-0.1, -0.05) is 37.7 Å². The minimum atomic E-state index is -0.00834. The highest BCUT2D eigenvalue weighted by Crippen LogP contribution is 2.20. The predicted octanol–water partition coefficient (Wildman–Crippen LogP) is 2.78. The monoisotopic (exact) mass is 346 g/mol. The van der Waals surface area contributed by atoms with Crippen molar-refractivity contribution in [2.45, 2.75) is 24.8 Å². The number of rotatable bonds is 9. The number of aromatic nitrogens is 2. The highest BCUT2D eigenvalue weighted by molar-refractivity contribution is 7.98. The first-order valence-corrected chi connectivity index (χ1v) is 9.32. The molecule has 0 fully saturated rings. The molecule has 6 heteroatoms. The number of benzene rings is 1. The summed E-state index contributed by atoms with van der Waals surface area (Å²) in [5.41, 5.74) is 1.84. The van der Waals surface area contributed by atoms with Crippen molar-refractivity contribution in [1.82, 2.24) is 19.8 Å². The summed E-state index contributed by atoms with van der Waals surface area (Å²) >= 11 is 1.67. The summed E-state index contributed by atoms with van der Waals surface area (Å²) in [5, 5.41) is 3.98. The minimum Gasteiger partial charge on any atom is -0.351 e. The summed E-state index contributed by atoms with van der Waals surface area (Å²) in [4.78, 5) is 18.9. The van der Waals surface area contributed by atoms with E-state index in [9.17, 15) is 4.79 Å². The zero-order valence-electron chi connectivity index (χ0n) is 14.7. The number of carbonyl (C=O) groups excluding carboxylic acids is 1. The summed E-state index contributed by atoms with van der Waals surface area (Å²) < 4.78 is 1.99. The Morgan fingerprint density at radius 2 is 2.12 bits per heavy atom. The van der Waals surface area contributed by atoms with Gasteiger partial charge in [0.1, 0.15) is 0 Å². The van der Waals surface area contributed by atoms with Crippen LogP contribution in [0.15, 0.2) is 41.8 Å². The molecule has 0 aliphatic heterocycles. The van der Waals surface area contributed by atoms with E-state index in [0.717, 1.165) is 36.1 Å². The Labute approximate surface area is 148 Å². The lowest BCUT2D eigenvalue weighted by atomic mass is 10.1. The highest BCUT2D eigenvalue weighted by atomic mass is 32.2. The van der Waals surface area contributed by atoms with E-state index in [1.54, 1.807) is 18.0 Å². The third-order valence-corrected chi connectivity index (χ3v) is 5.07. The van der Waals surface area contributed by atoms with Gasteiger partial charge >= 0.3 is 0 Å². The Bertz CT molecular complexity index is 652. The van der Waals surface area contributed by atoms with E-state index in [-0.39, 0.29) is 5.91 Å². The van der Waals surface area contributed by atoms with Crippen LogP contribution >= 0.6 is 11.8 Å².